The van der Waals surface area contributed by atoms with E-state index in [0.717, 1.165) is 5.02 Å². The second-order valence-electron chi connectivity index (χ2n) is 7.15. The van der Waals surface area contributed by atoms with Crippen molar-refractivity contribution in [3.8, 4) is 0 Å². The molecule has 3 atom stereocenters. The lowest BCUT2D eigenvalue weighted by molar-refractivity contribution is -0.127. The maximum atomic E-state index is 12.8. The van der Waals surface area contributed by atoms with Crippen LogP contribution in [0.25, 0.3) is 0 Å². The minimum absolute atomic E-state index is 0.0728. The molecule has 2 aromatic rings. The molecule has 22 heavy (non-hydrogen) atoms. The number of hydrogen-bond acceptors (Lipinski definition) is 1. The van der Waals surface area contributed by atoms with Gasteiger partial charge < -0.3 is 0 Å². The van der Waals surface area contributed by atoms with Gasteiger partial charge in [0, 0.05) is 28.2 Å². The summed E-state index contributed by atoms with van der Waals surface area (Å²) in [6.45, 7) is 6.03. The normalized spacial score (nSPS) is 24.1. The van der Waals surface area contributed by atoms with Gasteiger partial charge in [0.1, 0.15) is 5.78 Å². The molecule has 1 nitrogen and oxygen atoms in total. The summed E-state index contributed by atoms with van der Waals surface area (Å²) in [5.41, 5.74) is 2.16. The van der Waals surface area contributed by atoms with Crippen molar-refractivity contribution < 1.29 is 4.79 Å². The van der Waals surface area contributed by atoms with Crippen LogP contribution in [-0.4, -0.2) is 5.78 Å². The van der Waals surface area contributed by atoms with Gasteiger partial charge in [0.15, 0.2) is 0 Å². The van der Waals surface area contributed by atoms with Crippen molar-refractivity contribution in [2.75, 3.05) is 0 Å². The highest BCUT2D eigenvalue weighted by molar-refractivity contribution is 6.30. The number of hydrogen-bond donors (Lipinski definition) is 0. The maximum Gasteiger partial charge on any atom is 0.142 e. The Morgan fingerprint density at radius 2 is 1.36 bits per heavy atom. The minimum atomic E-state index is -0.307. The van der Waals surface area contributed by atoms with Crippen molar-refractivity contribution >= 4 is 17.4 Å². The molecule has 2 heteroatoms. The highest BCUT2D eigenvalue weighted by Gasteiger charge is 2.57. The van der Waals surface area contributed by atoms with Crippen LogP contribution in [0.15, 0.2) is 54.6 Å². The largest absolute Gasteiger partial charge is 0.299 e. The average Bonchev–Trinajstić information content (AvgIpc) is 3.22. The summed E-state index contributed by atoms with van der Waals surface area (Å²) in [4.78, 5) is 12.8. The molecule has 0 aromatic heterocycles. The first-order valence-electron chi connectivity index (χ1n) is 7.74. The third-order valence-electron chi connectivity index (χ3n) is 4.50. The van der Waals surface area contributed by atoms with Crippen molar-refractivity contribution in [1.82, 2.24) is 0 Å². The van der Waals surface area contributed by atoms with E-state index in [4.69, 9.17) is 11.6 Å². The van der Waals surface area contributed by atoms with Gasteiger partial charge in [0.05, 0.1) is 0 Å². The monoisotopic (exact) mass is 312 g/mol. The topological polar surface area (TPSA) is 17.1 Å². The molecule has 1 aliphatic carbocycles. The van der Waals surface area contributed by atoms with Gasteiger partial charge in [0.25, 0.3) is 0 Å². The predicted molar refractivity (Wildman–Crippen MR) is 91.3 cm³/mol. The summed E-state index contributed by atoms with van der Waals surface area (Å²) in [7, 11) is 0. The standard InChI is InChI=1S/C20H21ClO/c1-20(2,3)19(22)18-16(13-7-5-4-6-8-13)17(18)14-9-11-15(21)12-10-14/h4-12,16-18H,1-3H3/t16-,17-,18-/m0/s1. The molecule has 0 bridgehead atoms. The van der Waals surface area contributed by atoms with E-state index in [0.29, 0.717) is 5.78 Å². The van der Waals surface area contributed by atoms with Crippen molar-refractivity contribution in [3.63, 3.8) is 0 Å². The van der Waals surface area contributed by atoms with Crippen molar-refractivity contribution in [1.29, 1.82) is 0 Å². The lowest BCUT2D eigenvalue weighted by Crippen LogP contribution is -2.23. The zero-order chi connectivity index (χ0) is 15.9. The zero-order valence-corrected chi connectivity index (χ0v) is 14.0. The molecule has 0 aliphatic heterocycles. The summed E-state index contributed by atoms with van der Waals surface area (Å²) >= 11 is 5.99. The third kappa shape index (κ3) is 2.83. The van der Waals surface area contributed by atoms with Crippen LogP contribution in [-0.2, 0) is 4.79 Å². The van der Waals surface area contributed by atoms with Crippen molar-refractivity contribution in [2.45, 2.75) is 32.6 Å². The molecule has 2 aromatic carbocycles. The van der Waals surface area contributed by atoms with E-state index < -0.39 is 0 Å². The zero-order valence-electron chi connectivity index (χ0n) is 13.2. The first kappa shape index (κ1) is 15.3. The van der Waals surface area contributed by atoms with E-state index in [1.165, 1.54) is 11.1 Å². The summed E-state index contributed by atoms with van der Waals surface area (Å²) in [6.07, 6.45) is 0. The first-order valence-corrected chi connectivity index (χ1v) is 8.12. The van der Waals surface area contributed by atoms with Crippen molar-refractivity contribution in [2.24, 2.45) is 11.3 Å². The molecular formula is C20H21ClO. The third-order valence-corrected chi connectivity index (χ3v) is 4.75. The molecule has 114 valence electrons. The molecule has 3 rings (SSSR count). The fraction of sp³-hybridized carbons (Fsp3) is 0.350. The highest BCUT2D eigenvalue weighted by Crippen LogP contribution is 2.62. The Bertz CT molecular complexity index is 667. The summed E-state index contributed by atoms with van der Waals surface area (Å²) in [5.74, 6) is 0.977. The van der Waals surface area contributed by atoms with Crippen LogP contribution in [0, 0.1) is 11.3 Å². The fourth-order valence-electron chi connectivity index (χ4n) is 3.33. The summed E-state index contributed by atoms with van der Waals surface area (Å²) in [5, 5.41) is 0.736. The molecule has 0 amide bonds. The second-order valence-corrected chi connectivity index (χ2v) is 7.59. The summed E-state index contributed by atoms with van der Waals surface area (Å²) in [6, 6.07) is 18.3. The Hall–Kier alpha value is -1.60. The van der Waals surface area contributed by atoms with Gasteiger partial charge in [-0.05, 0) is 23.3 Å². The molecule has 0 N–H and O–H groups in total. The molecule has 0 radical (unpaired) electrons. The fourth-order valence-corrected chi connectivity index (χ4v) is 3.45. The van der Waals surface area contributed by atoms with Crippen LogP contribution in [0.3, 0.4) is 0 Å². The Morgan fingerprint density at radius 3 is 1.86 bits per heavy atom. The van der Waals surface area contributed by atoms with Gasteiger partial charge in [-0.25, -0.2) is 0 Å². The number of halogens is 1. The molecule has 1 fully saturated rings. The van der Waals surface area contributed by atoms with Crippen LogP contribution in [0.2, 0.25) is 5.02 Å². The van der Waals surface area contributed by atoms with Crippen LogP contribution in [0.4, 0.5) is 0 Å². The van der Waals surface area contributed by atoms with E-state index in [1.807, 2.05) is 51.1 Å². The van der Waals surface area contributed by atoms with E-state index in [1.54, 1.807) is 0 Å². The lowest BCUT2D eigenvalue weighted by Gasteiger charge is -2.16. The van der Waals surface area contributed by atoms with Crippen LogP contribution < -0.4 is 0 Å². The number of benzene rings is 2. The number of Topliss-reactive ketones (excluding diaryl/α,β-unsaturated/α-hetero) is 1. The maximum absolute atomic E-state index is 12.8. The predicted octanol–water partition coefficient (Wildman–Crippen LogP) is 5.45. The smallest absolute Gasteiger partial charge is 0.142 e. The van der Waals surface area contributed by atoms with E-state index in [9.17, 15) is 4.79 Å². The molecule has 0 spiro atoms. The average molecular weight is 313 g/mol. The highest BCUT2D eigenvalue weighted by atomic mass is 35.5. The molecule has 1 aliphatic rings. The summed E-state index contributed by atoms with van der Waals surface area (Å²) < 4.78 is 0. The van der Waals surface area contributed by atoms with Gasteiger partial charge >= 0.3 is 0 Å². The van der Waals surface area contributed by atoms with Crippen LogP contribution >= 0.6 is 11.6 Å². The molecular weight excluding hydrogens is 292 g/mol. The van der Waals surface area contributed by atoms with Crippen molar-refractivity contribution in [3.05, 3.63) is 70.7 Å². The van der Waals surface area contributed by atoms with Gasteiger partial charge in [-0.1, -0.05) is 74.8 Å². The van der Waals surface area contributed by atoms with Gasteiger partial charge in [-0.15, -0.1) is 0 Å². The van der Waals surface area contributed by atoms with Crippen LogP contribution in [0.5, 0.6) is 0 Å². The number of ketones is 1. The molecule has 0 heterocycles. The first-order chi connectivity index (χ1) is 10.4. The number of rotatable bonds is 3. The molecule has 0 unspecified atom stereocenters. The van der Waals surface area contributed by atoms with E-state index in [-0.39, 0.29) is 23.2 Å². The number of carbonyl (C=O) groups is 1. The molecule has 0 saturated heterocycles. The van der Waals surface area contributed by atoms with Gasteiger partial charge in [0.2, 0.25) is 0 Å². The van der Waals surface area contributed by atoms with Gasteiger partial charge in [-0.3, -0.25) is 4.79 Å². The Balaban J connectivity index is 1.96. The van der Waals surface area contributed by atoms with Gasteiger partial charge in [-0.2, -0.15) is 0 Å². The molecule has 1 saturated carbocycles. The SMILES string of the molecule is CC(C)(C)C(=O)[C@H]1[C@@H](c2ccccc2)[C@@H]1c1ccc(Cl)cc1. The second kappa shape index (κ2) is 5.55. The van der Waals surface area contributed by atoms with E-state index >= 15 is 0 Å². The lowest BCUT2D eigenvalue weighted by atomic mass is 9.86. The minimum Gasteiger partial charge on any atom is -0.299 e. The quantitative estimate of drug-likeness (QED) is 0.736. The number of carbonyl (C=O) groups excluding carboxylic acids is 1. The Morgan fingerprint density at radius 1 is 0.864 bits per heavy atom. The Kier molecular flexibility index (Phi) is 3.86. The Labute approximate surface area is 137 Å². The van der Waals surface area contributed by atoms with Crippen LogP contribution in [0.1, 0.15) is 43.7 Å². The van der Waals surface area contributed by atoms with E-state index in [2.05, 4.69) is 24.3 Å².